The van der Waals surface area contributed by atoms with Crippen LogP contribution >= 0.6 is 11.6 Å². The zero-order valence-corrected chi connectivity index (χ0v) is 11.1. The third-order valence-corrected chi connectivity index (χ3v) is 2.89. The van der Waals surface area contributed by atoms with Crippen LogP contribution in [0.5, 0.6) is 11.5 Å². The number of ether oxygens (including phenoxy) is 1. The Morgan fingerprint density at radius 3 is 2.33 bits per heavy atom. The maximum atomic E-state index is 12.5. The summed E-state index contributed by atoms with van der Waals surface area (Å²) in [5.41, 5.74) is -1.03. The molecule has 0 atom stereocenters. The molecule has 3 nitrogen and oxygen atoms in total. The molecule has 7 heteroatoms. The zero-order valence-electron chi connectivity index (χ0n) is 10.3. The Balaban J connectivity index is 2.35. The van der Waals surface area contributed by atoms with E-state index >= 15 is 0 Å². The van der Waals surface area contributed by atoms with Gasteiger partial charge in [0.2, 0.25) is 0 Å². The van der Waals surface area contributed by atoms with Gasteiger partial charge >= 0.3 is 12.1 Å². The summed E-state index contributed by atoms with van der Waals surface area (Å²) in [6, 6.07) is 8.33. The van der Waals surface area contributed by atoms with Crippen LogP contribution in [0.4, 0.5) is 13.2 Å². The molecule has 0 bridgehead atoms. The van der Waals surface area contributed by atoms with Gasteiger partial charge < -0.3 is 9.84 Å². The van der Waals surface area contributed by atoms with E-state index in [1.54, 1.807) is 6.07 Å². The lowest BCUT2D eigenvalue weighted by Crippen LogP contribution is -2.05. The van der Waals surface area contributed by atoms with Gasteiger partial charge in [0.15, 0.2) is 0 Å². The van der Waals surface area contributed by atoms with E-state index in [0.717, 1.165) is 18.2 Å². The van der Waals surface area contributed by atoms with Gasteiger partial charge in [-0.25, -0.2) is 4.79 Å². The van der Waals surface area contributed by atoms with Crippen molar-refractivity contribution in [2.24, 2.45) is 0 Å². The smallest absolute Gasteiger partial charge is 0.416 e. The minimum atomic E-state index is -4.51. The maximum absolute atomic E-state index is 12.5. The first kappa shape index (κ1) is 15.2. The monoisotopic (exact) mass is 316 g/mol. The third-order valence-electron chi connectivity index (χ3n) is 2.60. The van der Waals surface area contributed by atoms with Gasteiger partial charge in [-0.2, -0.15) is 13.2 Å². The first-order chi connectivity index (χ1) is 9.79. The molecule has 0 saturated carbocycles. The van der Waals surface area contributed by atoms with E-state index in [2.05, 4.69) is 0 Å². The summed E-state index contributed by atoms with van der Waals surface area (Å²) in [7, 11) is 0. The minimum absolute atomic E-state index is 0.00772. The number of alkyl halides is 3. The number of carbonyl (C=O) groups is 1. The summed E-state index contributed by atoms with van der Waals surface area (Å²) >= 11 is 5.74. The minimum Gasteiger partial charge on any atom is -0.478 e. The SMILES string of the molecule is O=C(O)c1ccccc1Oc1ccc(C(F)(F)F)cc1Cl. The molecule has 2 aromatic carbocycles. The second-order valence-electron chi connectivity index (χ2n) is 4.05. The Bertz CT molecular complexity index is 683. The highest BCUT2D eigenvalue weighted by atomic mass is 35.5. The molecule has 0 aliphatic rings. The number of para-hydroxylation sites is 1. The van der Waals surface area contributed by atoms with Gasteiger partial charge in [-0.1, -0.05) is 23.7 Å². The lowest BCUT2D eigenvalue weighted by molar-refractivity contribution is -0.137. The molecule has 2 aromatic rings. The molecule has 0 saturated heterocycles. The number of hydrogen-bond donors (Lipinski definition) is 1. The van der Waals surface area contributed by atoms with Crippen molar-refractivity contribution in [3.63, 3.8) is 0 Å². The number of hydrogen-bond acceptors (Lipinski definition) is 2. The topological polar surface area (TPSA) is 46.5 Å². The molecule has 0 aliphatic heterocycles. The number of aromatic carboxylic acids is 1. The van der Waals surface area contributed by atoms with E-state index in [-0.39, 0.29) is 22.1 Å². The number of rotatable bonds is 3. The van der Waals surface area contributed by atoms with Gasteiger partial charge in [-0.15, -0.1) is 0 Å². The van der Waals surface area contributed by atoms with Crippen molar-refractivity contribution in [1.82, 2.24) is 0 Å². The van der Waals surface area contributed by atoms with E-state index in [0.29, 0.717) is 0 Å². The molecular weight excluding hydrogens is 309 g/mol. The summed E-state index contributed by atoms with van der Waals surface area (Å²) in [6.07, 6.45) is -4.51. The first-order valence-electron chi connectivity index (χ1n) is 5.66. The number of halogens is 4. The van der Waals surface area contributed by atoms with Crippen LogP contribution in [0.25, 0.3) is 0 Å². The van der Waals surface area contributed by atoms with Gasteiger partial charge in [-0.3, -0.25) is 0 Å². The van der Waals surface area contributed by atoms with Crippen molar-refractivity contribution in [3.8, 4) is 11.5 Å². The van der Waals surface area contributed by atoms with Crippen LogP contribution in [0.3, 0.4) is 0 Å². The Hall–Kier alpha value is -2.21. The molecule has 0 fully saturated rings. The van der Waals surface area contributed by atoms with E-state index in [4.69, 9.17) is 21.4 Å². The highest BCUT2D eigenvalue weighted by molar-refractivity contribution is 6.32. The van der Waals surface area contributed by atoms with Crippen LogP contribution in [0.1, 0.15) is 15.9 Å². The van der Waals surface area contributed by atoms with Crippen LogP contribution in [-0.4, -0.2) is 11.1 Å². The molecule has 0 aliphatic carbocycles. The van der Waals surface area contributed by atoms with E-state index < -0.39 is 17.7 Å². The predicted molar refractivity (Wildman–Crippen MR) is 69.9 cm³/mol. The third kappa shape index (κ3) is 3.46. The fraction of sp³-hybridized carbons (Fsp3) is 0.0714. The van der Waals surface area contributed by atoms with Crippen molar-refractivity contribution in [2.75, 3.05) is 0 Å². The van der Waals surface area contributed by atoms with Gasteiger partial charge in [0.25, 0.3) is 0 Å². The molecule has 0 amide bonds. The Kier molecular flexibility index (Phi) is 4.09. The zero-order chi connectivity index (χ0) is 15.6. The second-order valence-corrected chi connectivity index (χ2v) is 4.45. The summed E-state index contributed by atoms with van der Waals surface area (Å²) in [5.74, 6) is -1.28. The van der Waals surface area contributed by atoms with Crippen molar-refractivity contribution in [1.29, 1.82) is 0 Å². The van der Waals surface area contributed by atoms with Gasteiger partial charge in [0.05, 0.1) is 10.6 Å². The molecule has 0 spiro atoms. The maximum Gasteiger partial charge on any atom is 0.416 e. The van der Waals surface area contributed by atoms with E-state index in [1.165, 1.54) is 18.2 Å². The number of benzene rings is 2. The van der Waals surface area contributed by atoms with Crippen molar-refractivity contribution >= 4 is 17.6 Å². The molecule has 0 aromatic heterocycles. The molecule has 0 unspecified atom stereocenters. The van der Waals surface area contributed by atoms with E-state index in [9.17, 15) is 18.0 Å². The molecule has 110 valence electrons. The molecular formula is C14H8ClF3O3. The summed E-state index contributed by atoms with van der Waals surface area (Å²) in [5, 5.41) is 8.74. The quantitative estimate of drug-likeness (QED) is 0.880. The van der Waals surface area contributed by atoms with Crippen molar-refractivity contribution in [2.45, 2.75) is 6.18 Å². The van der Waals surface area contributed by atoms with Crippen molar-refractivity contribution < 1.29 is 27.8 Å². The van der Waals surface area contributed by atoms with Crippen LogP contribution in [0.2, 0.25) is 5.02 Å². The average molecular weight is 317 g/mol. The predicted octanol–water partition coefficient (Wildman–Crippen LogP) is 4.85. The lowest BCUT2D eigenvalue weighted by Gasteiger charge is -2.12. The molecule has 1 N–H and O–H groups in total. The normalized spacial score (nSPS) is 11.2. The van der Waals surface area contributed by atoms with Crippen LogP contribution in [0.15, 0.2) is 42.5 Å². The molecule has 0 radical (unpaired) electrons. The highest BCUT2D eigenvalue weighted by Gasteiger charge is 2.31. The Labute approximate surface area is 122 Å². The van der Waals surface area contributed by atoms with Crippen LogP contribution < -0.4 is 4.74 Å². The summed E-state index contributed by atoms with van der Waals surface area (Å²) in [6.45, 7) is 0. The second kappa shape index (κ2) is 5.65. The largest absolute Gasteiger partial charge is 0.478 e. The fourth-order valence-electron chi connectivity index (χ4n) is 1.61. The van der Waals surface area contributed by atoms with Crippen molar-refractivity contribution in [3.05, 3.63) is 58.6 Å². The van der Waals surface area contributed by atoms with Crippen LogP contribution in [0, 0.1) is 0 Å². The lowest BCUT2D eigenvalue weighted by atomic mass is 10.2. The number of carboxylic acid groups (broad SMARTS) is 1. The first-order valence-corrected chi connectivity index (χ1v) is 6.04. The van der Waals surface area contributed by atoms with Gasteiger partial charge in [0.1, 0.15) is 17.1 Å². The van der Waals surface area contributed by atoms with Gasteiger partial charge in [-0.05, 0) is 30.3 Å². The standard InChI is InChI=1S/C14H8ClF3O3/c15-10-7-8(14(16,17)18)5-6-12(10)21-11-4-2-1-3-9(11)13(19)20/h1-7H,(H,19,20). The molecule has 0 heterocycles. The average Bonchev–Trinajstić information content (AvgIpc) is 2.40. The fourth-order valence-corrected chi connectivity index (χ4v) is 1.83. The Morgan fingerprint density at radius 2 is 1.76 bits per heavy atom. The summed E-state index contributed by atoms with van der Waals surface area (Å²) < 4.78 is 42.8. The van der Waals surface area contributed by atoms with E-state index in [1.807, 2.05) is 0 Å². The molecule has 2 rings (SSSR count). The van der Waals surface area contributed by atoms with Crippen LogP contribution in [-0.2, 0) is 6.18 Å². The van der Waals surface area contributed by atoms with Gasteiger partial charge in [0, 0.05) is 0 Å². The Morgan fingerprint density at radius 1 is 1.10 bits per heavy atom. The highest BCUT2D eigenvalue weighted by Crippen LogP contribution is 2.36. The summed E-state index contributed by atoms with van der Waals surface area (Å²) in [4.78, 5) is 11.0. The molecule has 21 heavy (non-hydrogen) atoms. The number of carboxylic acids is 1.